The molecule has 2 N–H and O–H groups in total. The molecule has 0 aliphatic carbocycles. The number of nitrogens with zero attached hydrogens (tertiary/aromatic N) is 2. The Labute approximate surface area is 124 Å². The Kier molecular flexibility index (Phi) is 3.90. The molecule has 4 heteroatoms. The van der Waals surface area contributed by atoms with Gasteiger partial charge in [-0.25, -0.2) is 0 Å². The predicted molar refractivity (Wildman–Crippen MR) is 82.5 cm³/mol. The standard InChI is InChI=1S/C16H18ClN3/c17-15-6-5-14(18)9-13(15)11-20-8-2-4-16(20)12-3-1-7-19-10-12/h1,3,5-7,9-10,16H,2,4,8,11,18H2. The van der Waals surface area contributed by atoms with E-state index in [1.165, 1.54) is 18.4 Å². The van der Waals surface area contributed by atoms with Crippen molar-refractivity contribution in [1.82, 2.24) is 9.88 Å². The van der Waals surface area contributed by atoms with Gasteiger partial charge >= 0.3 is 0 Å². The molecule has 3 nitrogen and oxygen atoms in total. The first-order valence-electron chi connectivity index (χ1n) is 6.92. The first-order chi connectivity index (χ1) is 9.74. The Balaban J connectivity index is 1.81. The zero-order valence-corrected chi connectivity index (χ0v) is 12.1. The maximum atomic E-state index is 6.27. The molecule has 1 aliphatic heterocycles. The van der Waals surface area contributed by atoms with E-state index in [0.29, 0.717) is 6.04 Å². The molecule has 3 rings (SSSR count). The molecule has 2 aromatic rings. The maximum Gasteiger partial charge on any atom is 0.0452 e. The van der Waals surface area contributed by atoms with Crippen LogP contribution in [0.15, 0.2) is 42.7 Å². The molecule has 1 aliphatic rings. The van der Waals surface area contributed by atoms with E-state index in [1.54, 1.807) is 0 Å². The van der Waals surface area contributed by atoms with Crippen LogP contribution in [0.3, 0.4) is 0 Å². The summed E-state index contributed by atoms with van der Waals surface area (Å²) in [5, 5.41) is 0.788. The van der Waals surface area contributed by atoms with Crippen LogP contribution < -0.4 is 5.73 Å². The highest BCUT2D eigenvalue weighted by molar-refractivity contribution is 6.31. The van der Waals surface area contributed by atoms with Gasteiger partial charge in [0, 0.05) is 35.7 Å². The Morgan fingerprint density at radius 1 is 1.35 bits per heavy atom. The van der Waals surface area contributed by atoms with Crippen molar-refractivity contribution in [3.05, 3.63) is 58.9 Å². The molecule has 0 spiro atoms. The minimum atomic E-state index is 0.432. The largest absolute Gasteiger partial charge is 0.399 e. The molecule has 1 atom stereocenters. The monoisotopic (exact) mass is 287 g/mol. The quantitative estimate of drug-likeness (QED) is 0.876. The number of halogens is 1. The number of nitrogen functional groups attached to an aromatic ring is 1. The highest BCUT2D eigenvalue weighted by Gasteiger charge is 2.26. The SMILES string of the molecule is Nc1ccc(Cl)c(CN2CCCC2c2cccnc2)c1. The molecule has 1 saturated heterocycles. The summed E-state index contributed by atoms with van der Waals surface area (Å²) < 4.78 is 0. The van der Waals surface area contributed by atoms with Crippen LogP contribution in [-0.2, 0) is 6.54 Å². The van der Waals surface area contributed by atoms with Crippen LogP contribution in [0.4, 0.5) is 5.69 Å². The lowest BCUT2D eigenvalue weighted by Crippen LogP contribution is -2.23. The van der Waals surface area contributed by atoms with E-state index in [1.807, 2.05) is 36.7 Å². The summed E-state index contributed by atoms with van der Waals surface area (Å²) in [4.78, 5) is 6.69. The Bertz CT molecular complexity index is 586. The molecule has 2 heterocycles. The zero-order valence-electron chi connectivity index (χ0n) is 11.3. The highest BCUT2D eigenvalue weighted by Crippen LogP contribution is 2.34. The number of likely N-dealkylation sites (tertiary alicyclic amines) is 1. The van der Waals surface area contributed by atoms with Crippen LogP contribution in [0.25, 0.3) is 0 Å². The minimum Gasteiger partial charge on any atom is -0.399 e. The smallest absolute Gasteiger partial charge is 0.0452 e. The zero-order chi connectivity index (χ0) is 13.9. The summed E-state index contributed by atoms with van der Waals surface area (Å²) in [5.74, 6) is 0. The molecule has 1 fully saturated rings. The van der Waals surface area contributed by atoms with E-state index in [-0.39, 0.29) is 0 Å². The average Bonchev–Trinajstić information content (AvgIpc) is 2.92. The van der Waals surface area contributed by atoms with Gasteiger partial charge in [0.2, 0.25) is 0 Å². The molecule has 0 saturated carbocycles. The number of aromatic nitrogens is 1. The number of nitrogens with two attached hydrogens (primary N) is 1. The van der Waals surface area contributed by atoms with Gasteiger partial charge in [-0.1, -0.05) is 17.7 Å². The van der Waals surface area contributed by atoms with Crippen LogP contribution in [0.1, 0.15) is 30.0 Å². The van der Waals surface area contributed by atoms with Crippen molar-refractivity contribution in [2.24, 2.45) is 0 Å². The van der Waals surface area contributed by atoms with Crippen LogP contribution in [0, 0.1) is 0 Å². The topological polar surface area (TPSA) is 42.1 Å². The van der Waals surface area contributed by atoms with E-state index >= 15 is 0 Å². The van der Waals surface area contributed by atoms with Crippen molar-refractivity contribution in [3.63, 3.8) is 0 Å². The summed E-state index contributed by atoms with van der Waals surface area (Å²) in [6, 6.07) is 10.3. The number of anilines is 1. The number of rotatable bonds is 3. The van der Waals surface area contributed by atoms with Crippen molar-refractivity contribution in [2.45, 2.75) is 25.4 Å². The van der Waals surface area contributed by atoms with Gasteiger partial charge in [0.25, 0.3) is 0 Å². The molecule has 0 bridgehead atoms. The van der Waals surface area contributed by atoms with Gasteiger partial charge < -0.3 is 5.73 Å². The van der Waals surface area contributed by atoms with Gasteiger partial charge in [-0.2, -0.15) is 0 Å². The second-order valence-corrected chi connectivity index (χ2v) is 5.67. The van der Waals surface area contributed by atoms with Crippen LogP contribution in [-0.4, -0.2) is 16.4 Å². The molecule has 20 heavy (non-hydrogen) atoms. The Morgan fingerprint density at radius 3 is 3.05 bits per heavy atom. The third-order valence-corrected chi connectivity index (χ3v) is 4.24. The summed E-state index contributed by atoms with van der Waals surface area (Å²) in [6.45, 7) is 1.92. The van der Waals surface area contributed by atoms with E-state index in [9.17, 15) is 0 Å². The summed E-state index contributed by atoms with van der Waals surface area (Å²) in [6.07, 6.45) is 6.16. The number of pyridine rings is 1. The molecule has 0 amide bonds. The van der Waals surface area contributed by atoms with Gasteiger partial charge in [0.1, 0.15) is 0 Å². The van der Waals surface area contributed by atoms with E-state index in [4.69, 9.17) is 17.3 Å². The molecule has 1 unspecified atom stereocenters. The predicted octanol–water partition coefficient (Wildman–Crippen LogP) is 3.65. The minimum absolute atomic E-state index is 0.432. The van der Waals surface area contributed by atoms with Gasteiger partial charge in [-0.05, 0) is 54.8 Å². The summed E-state index contributed by atoms with van der Waals surface area (Å²) in [5.41, 5.74) is 9.01. The molecular formula is C16H18ClN3. The van der Waals surface area contributed by atoms with Crippen molar-refractivity contribution >= 4 is 17.3 Å². The van der Waals surface area contributed by atoms with Gasteiger partial charge in [-0.3, -0.25) is 9.88 Å². The second kappa shape index (κ2) is 5.81. The van der Waals surface area contributed by atoms with Crippen LogP contribution in [0.2, 0.25) is 5.02 Å². The Morgan fingerprint density at radius 2 is 2.25 bits per heavy atom. The summed E-state index contributed by atoms with van der Waals surface area (Å²) >= 11 is 6.27. The lowest BCUT2D eigenvalue weighted by Gasteiger charge is -2.25. The molecule has 1 aromatic heterocycles. The first-order valence-corrected chi connectivity index (χ1v) is 7.30. The lowest BCUT2D eigenvalue weighted by atomic mass is 10.1. The highest BCUT2D eigenvalue weighted by atomic mass is 35.5. The average molecular weight is 288 g/mol. The number of hydrogen-bond acceptors (Lipinski definition) is 3. The molecule has 104 valence electrons. The van der Waals surface area contributed by atoms with Gasteiger partial charge in [-0.15, -0.1) is 0 Å². The van der Waals surface area contributed by atoms with Crippen molar-refractivity contribution in [3.8, 4) is 0 Å². The molecule has 0 radical (unpaired) electrons. The Hall–Kier alpha value is -1.58. The van der Waals surface area contributed by atoms with Gasteiger partial charge in [0.05, 0.1) is 0 Å². The van der Waals surface area contributed by atoms with Crippen molar-refractivity contribution < 1.29 is 0 Å². The normalized spacial score (nSPS) is 19.4. The third kappa shape index (κ3) is 2.79. The second-order valence-electron chi connectivity index (χ2n) is 5.27. The maximum absolute atomic E-state index is 6.27. The fourth-order valence-corrected chi connectivity index (χ4v) is 3.08. The third-order valence-electron chi connectivity index (χ3n) is 3.88. The van der Waals surface area contributed by atoms with E-state index < -0.39 is 0 Å². The van der Waals surface area contributed by atoms with E-state index in [0.717, 1.165) is 29.4 Å². The number of hydrogen-bond donors (Lipinski definition) is 1. The van der Waals surface area contributed by atoms with Crippen LogP contribution >= 0.6 is 11.6 Å². The number of benzene rings is 1. The fourth-order valence-electron chi connectivity index (χ4n) is 2.90. The van der Waals surface area contributed by atoms with Crippen molar-refractivity contribution in [1.29, 1.82) is 0 Å². The molecule has 1 aromatic carbocycles. The van der Waals surface area contributed by atoms with Gasteiger partial charge in [0.15, 0.2) is 0 Å². The van der Waals surface area contributed by atoms with Crippen LogP contribution in [0.5, 0.6) is 0 Å². The molecular weight excluding hydrogens is 270 g/mol. The van der Waals surface area contributed by atoms with E-state index in [2.05, 4.69) is 16.0 Å². The van der Waals surface area contributed by atoms with Crippen molar-refractivity contribution in [2.75, 3.05) is 12.3 Å². The lowest BCUT2D eigenvalue weighted by molar-refractivity contribution is 0.248. The first kappa shape index (κ1) is 13.4. The summed E-state index contributed by atoms with van der Waals surface area (Å²) in [7, 11) is 0. The fraction of sp³-hybridized carbons (Fsp3) is 0.312.